The number of hydrogen-bond acceptors (Lipinski definition) is 3. The van der Waals surface area contributed by atoms with Crippen molar-refractivity contribution in [3.05, 3.63) is 47.0 Å². The second-order valence-electron chi connectivity index (χ2n) is 3.68. The van der Waals surface area contributed by atoms with Crippen LogP contribution >= 0.6 is 11.3 Å². The molecule has 15 heavy (non-hydrogen) atoms. The molecule has 0 saturated carbocycles. The molecule has 0 bridgehead atoms. The summed E-state index contributed by atoms with van der Waals surface area (Å²) < 4.78 is 0. The highest BCUT2D eigenvalue weighted by Crippen LogP contribution is 2.19. The van der Waals surface area contributed by atoms with Crippen LogP contribution in [-0.4, -0.2) is 19.1 Å². The number of anilines is 1. The number of thiazole rings is 1. The molecule has 2 aromatic rings. The lowest BCUT2D eigenvalue weighted by atomic mass is 10.1. The van der Waals surface area contributed by atoms with E-state index in [4.69, 9.17) is 0 Å². The van der Waals surface area contributed by atoms with Crippen LogP contribution in [0.1, 0.15) is 11.3 Å². The van der Waals surface area contributed by atoms with E-state index in [1.807, 2.05) is 25.1 Å². The fourth-order valence-electron chi connectivity index (χ4n) is 1.39. The second-order valence-corrected chi connectivity index (χ2v) is 4.51. The zero-order chi connectivity index (χ0) is 10.7. The van der Waals surface area contributed by atoms with Gasteiger partial charge in [-0.3, -0.25) is 0 Å². The Bertz CT molecular complexity index is 420. The molecule has 1 aromatic carbocycles. The topological polar surface area (TPSA) is 16.1 Å². The molecule has 0 saturated heterocycles. The Kier molecular flexibility index (Phi) is 3.02. The highest BCUT2D eigenvalue weighted by atomic mass is 32.1. The third-order valence-corrected chi connectivity index (χ3v) is 3.21. The summed E-state index contributed by atoms with van der Waals surface area (Å²) in [5.41, 5.74) is 2.46. The Balaban J connectivity index is 2.12. The van der Waals surface area contributed by atoms with Gasteiger partial charge in [0, 0.05) is 25.9 Å². The van der Waals surface area contributed by atoms with Crippen LogP contribution in [0.5, 0.6) is 0 Å². The lowest BCUT2D eigenvalue weighted by molar-refractivity contribution is 1.05. The lowest BCUT2D eigenvalue weighted by Crippen LogP contribution is -2.08. The Morgan fingerprint density at radius 3 is 2.53 bits per heavy atom. The highest BCUT2D eigenvalue weighted by molar-refractivity contribution is 7.13. The third-order valence-electron chi connectivity index (χ3n) is 2.15. The second kappa shape index (κ2) is 4.45. The van der Waals surface area contributed by atoms with Gasteiger partial charge in [0.2, 0.25) is 0 Å². The maximum absolute atomic E-state index is 4.55. The van der Waals surface area contributed by atoms with Crippen molar-refractivity contribution in [1.29, 1.82) is 0 Å². The smallest absolute Gasteiger partial charge is 0.184 e. The predicted molar refractivity (Wildman–Crippen MR) is 65.7 cm³/mol. The Labute approximate surface area is 94.2 Å². The van der Waals surface area contributed by atoms with Gasteiger partial charge in [-0.15, -0.1) is 11.3 Å². The molecule has 78 valence electrons. The van der Waals surface area contributed by atoms with Crippen molar-refractivity contribution in [3.8, 4) is 0 Å². The summed E-state index contributed by atoms with van der Waals surface area (Å²) in [4.78, 5) is 6.59. The maximum Gasteiger partial charge on any atom is 0.184 e. The van der Waals surface area contributed by atoms with Crippen molar-refractivity contribution >= 4 is 16.5 Å². The van der Waals surface area contributed by atoms with Crippen LogP contribution in [0.25, 0.3) is 0 Å². The normalized spacial score (nSPS) is 10.3. The molecular formula is C12H14N2S. The van der Waals surface area contributed by atoms with E-state index in [0.717, 1.165) is 17.2 Å². The van der Waals surface area contributed by atoms with Crippen molar-refractivity contribution < 1.29 is 0 Å². The summed E-state index contributed by atoms with van der Waals surface area (Å²) in [7, 11) is 4.04. The van der Waals surface area contributed by atoms with E-state index in [1.54, 1.807) is 11.3 Å². The van der Waals surface area contributed by atoms with E-state index in [2.05, 4.69) is 34.6 Å². The molecule has 2 nitrogen and oxygen atoms in total. The summed E-state index contributed by atoms with van der Waals surface area (Å²) >= 11 is 1.69. The third kappa shape index (κ3) is 2.57. The highest BCUT2D eigenvalue weighted by Gasteiger charge is 2.03. The van der Waals surface area contributed by atoms with Crippen LogP contribution in [0.2, 0.25) is 0 Å². The maximum atomic E-state index is 4.55. The molecule has 1 heterocycles. The van der Waals surface area contributed by atoms with Crippen molar-refractivity contribution in [3.63, 3.8) is 0 Å². The summed E-state index contributed by atoms with van der Waals surface area (Å²) in [6, 6.07) is 10.4. The van der Waals surface area contributed by atoms with Crippen LogP contribution in [-0.2, 0) is 6.42 Å². The summed E-state index contributed by atoms with van der Waals surface area (Å²) in [6.45, 7) is 0. The molecule has 0 radical (unpaired) electrons. The minimum Gasteiger partial charge on any atom is -0.354 e. The van der Waals surface area contributed by atoms with E-state index in [0.29, 0.717) is 0 Å². The standard InChI is InChI=1S/C12H14N2S/c1-14(2)12-13-11(9-15-12)8-10-6-4-3-5-7-10/h3-7,9H,8H2,1-2H3. The van der Waals surface area contributed by atoms with E-state index in [1.165, 1.54) is 5.56 Å². The van der Waals surface area contributed by atoms with Crippen LogP contribution in [0.15, 0.2) is 35.7 Å². The SMILES string of the molecule is CN(C)c1nc(Cc2ccccc2)cs1. The number of rotatable bonds is 3. The van der Waals surface area contributed by atoms with Crippen LogP contribution in [0.3, 0.4) is 0 Å². The Hall–Kier alpha value is -1.35. The molecule has 2 rings (SSSR count). The van der Waals surface area contributed by atoms with E-state index < -0.39 is 0 Å². The lowest BCUT2D eigenvalue weighted by Gasteiger charge is -2.05. The van der Waals surface area contributed by atoms with Gasteiger partial charge in [0.1, 0.15) is 0 Å². The quantitative estimate of drug-likeness (QED) is 0.787. The molecule has 0 amide bonds. The fraction of sp³-hybridized carbons (Fsp3) is 0.250. The molecular weight excluding hydrogens is 204 g/mol. The minimum absolute atomic E-state index is 0.922. The number of hydrogen-bond donors (Lipinski definition) is 0. The minimum atomic E-state index is 0.922. The van der Waals surface area contributed by atoms with Gasteiger partial charge in [0.05, 0.1) is 5.69 Å². The Morgan fingerprint density at radius 1 is 1.20 bits per heavy atom. The largest absolute Gasteiger partial charge is 0.354 e. The van der Waals surface area contributed by atoms with Crippen molar-refractivity contribution in [1.82, 2.24) is 4.98 Å². The van der Waals surface area contributed by atoms with Crippen LogP contribution < -0.4 is 4.90 Å². The van der Waals surface area contributed by atoms with E-state index >= 15 is 0 Å². The molecule has 0 aliphatic heterocycles. The molecule has 0 aliphatic rings. The van der Waals surface area contributed by atoms with E-state index in [9.17, 15) is 0 Å². The van der Waals surface area contributed by atoms with Crippen molar-refractivity contribution in [2.45, 2.75) is 6.42 Å². The van der Waals surface area contributed by atoms with Crippen LogP contribution in [0.4, 0.5) is 5.13 Å². The first kappa shape index (κ1) is 10.2. The van der Waals surface area contributed by atoms with Gasteiger partial charge < -0.3 is 4.90 Å². The molecule has 0 N–H and O–H groups in total. The summed E-state index contributed by atoms with van der Waals surface area (Å²) in [5.74, 6) is 0. The number of aromatic nitrogens is 1. The fourth-order valence-corrected chi connectivity index (χ4v) is 2.15. The van der Waals surface area contributed by atoms with Gasteiger partial charge in [-0.1, -0.05) is 30.3 Å². The van der Waals surface area contributed by atoms with E-state index in [-0.39, 0.29) is 0 Å². The van der Waals surface area contributed by atoms with Crippen molar-refractivity contribution in [2.24, 2.45) is 0 Å². The zero-order valence-corrected chi connectivity index (χ0v) is 9.79. The first-order chi connectivity index (χ1) is 7.25. The summed E-state index contributed by atoms with van der Waals surface area (Å²) in [5, 5.41) is 3.20. The monoisotopic (exact) mass is 218 g/mol. The zero-order valence-electron chi connectivity index (χ0n) is 8.97. The Morgan fingerprint density at radius 2 is 1.93 bits per heavy atom. The van der Waals surface area contributed by atoms with Gasteiger partial charge in [0.25, 0.3) is 0 Å². The van der Waals surface area contributed by atoms with Crippen molar-refractivity contribution in [2.75, 3.05) is 19.0 Å². The molecule has 0 atom stereocenters. The molecule has 0 unspecified atom stereocenters. The first-order valence-electron chi connectivity index (χ1n) is 4.91. The molecule has 0 aliphatic carbocycles. The number of nitrogens with zero attached hydrogens (tertiary/aromatic N) is 2. The molecule has 3 heteroatoms. The van der Waals surface area contributed by atoms with Gasteiger partial charge in [-0.25, -0.2) is 4.98 Å². The molecule has 0 fully saturated rings. The molecule has 0 spiro atoms. The average Bonchev–Trinajstić information content (AvgIpc) is 2.68. The predicted octanol–water partition coefficient (Wildman–Crippen LogP) is 2.80. The average molecular weight is 218 g/mol. The van der Waals surface area contributed by atoms with Gasteiger partial charge in [-0.2, -0.15) is 0 Å². The van der Waals surface area contributed by atoms with Gasteiger partial charge in [0.15, 0.2) is 5.13 Å². The molecule has 1 aromatic heterocycles. The summed E-state index contributed by atoms with van der Waals surface area (Å²) in [6.07, 6.45) is 0.922. The van der Waals surface area contributed by atoms with Gasteiger partial charge >= 0.3 is 0 Å². The van der Waals surface area contributed by atoms with Gasteiger partial charge in [-0.05, 0) is 5.56 Å². The number of benzene rings is 1. The van der Waals surface area contributed by atoms with Crippen LogP contribution in [0, 0.1) is 0 Å². The first-order valence-corrected chi connectivity index (χ1v) is 5.79.